The number of carbonyl (C=O) groups is 1. The van der Waals surface area contributed by atoms with Gasteiger partial charge in [-0.3, -0.25) is 4.79 Å². The molecule has 3 atom stereocenters. The number of carbonyl (C=O) groups excluding carboxylic acids is 1. The molecule has 2 aliphatic rings. The lowest BCUT2D eigenvalue weighted by Crippen LogP contribution is -2.44. The molecule has 24 heavy (non-hydrogen) atoms. The van der Waals surface area contributed by atoms with Gasteiger partial charge in [0.2, 0.25) is 15.9 Å². The van der Waals surface area contributed by atoms with Crippen LogP contribution in [0.15, 0.2) is 34.1 Å². The zero-order valence-corrected chi connectivity index (χ0v) is 15.7. The average Bonchev–Trinajstić information content (AvgIpc) is 3.17. The van der Waals surface area contributed by atoms with Crippen LogP contribution >= 0.6 is 11.8 Å². The Morgan fingerprint density at radius 3 is 2.50 bits per heavy atom. The number of rotatable bonds is 6. The van der Waals surface area contributed by atoms with Crippen LogP contribution in [0.25, 0.3) is 0 Å². The molecule has 2 saturated carbocycles. The maximum atomic E-state index is 12.6. The first-order valence-electron chi connectivity index (χ1n) is 8.30. The quantitative estimate of drug-likeness (QED) is 0.783. The van der Waals surface area contributed by atoms with Crippen LogP contribution in [0.3, 0.4) is 0 Å². The van der Waals surface area contributed by atoms with Crippen molar-refractivity contribution in [1.82, 2.24) is 9.62 Å². The Bertz CT molecular complexity index is 703. The molecule has 2 aliphatic carbocycles. The van der Waals surface area contributed by atoms with Gasteiger partial charge in [0, 0.05) is 18.0 Å². The third-order valence-corrected chi connectivity index (χ3v) is 7.78. The Kier molecular flexibility index (Phi) is 5.22. The van der Waals surface area contributed by atoms with E-state index in [0.29, 0.717) is 5.92 Å². The van der Waals surface area contributed by atoms with Gasteiger partial charge in [0.15, 0.2) is 0 Å². The number of hydrogen-bond donors (Lipinski definition) is 1. The monoisotopic (exact) mass is 368 g/mol. The lowest BCUT2D eigenvalue weighted by Gasteiger charge is -2.24. The van der Waals surface area contributed by atoms with Crippen LogP contribution in [0.4, 0.5) is 0 Å². The van der Waals surface area contributed by atoms with E-state index in [0.717, 1.165) is 21.5 Å². The standard InChI is InChI=1S/C17H24N2O3S2/c1-19(24(21,22)15-7-5-14(23-2)6-8-15)11-17(20)18-16-10-12-3-4-13(16)9-12/h5-8,12-13,16H,3-4,9-11H2,1-2H3,(H,18,20)/t12-,13-,16-/m1/s1. The second-order valence-electron chi connectivity index (χ2n) is 6.79. The van der Waals surface area contributed by atoms with E-state index >= 15 is 0 Å². The van der Waals surface area contributed by atoms with Crippen molar-refractivity contribution in [3.63, 3.8) is 0 Å². The summed E-state index contributed by atoms with van der Waals surface area (Å²) in [5, 5.41) is 3.03. The highest BCUT2D eigenvalue weighted by Crippen LogP contribution is 2.44. The fourth-order valence-electron chi connectivity index (χ4n) is 3.89. The summed E-state index contributed by atoms with van der Waals surface area (Å²) < 4.78 is 26.3. The van der Waals surface area contributed by atoms with Crippen LogP contribution in [0.1, 0.15) is 25.7 Å². The lowest BCUT2D eigenvalue weighted by atomic mass is 9.95. The van der Waals surface area contributed by atoms with E-state index in [2.05, 4.69) is 5.32 Å². The van der Waals surface area contributed by atoms with Crippen LogP contribution in [-0.4, -0.2) is 44.5 Å². The fourth-order valence-corrected chi connectivity index (χ4v) is 5.42. The molecule has 5 nitrogen and oxygen atoms in total. The zero-order chi connectivity index (χ0) is 17.3. The van der Waals surface area contributed by atoms with Crippen molar-refractivity contribution in [1.29, 1.82) is 0 Å². The van der Waals surface area contributed by atoms with Crippen LogP contribution in [0.2, 0.25) is 0 Å². The Morgan fingerprint density at radius 1 is 1.25 bits per heavy atom. The molecule has 0 aromatic heterocycles. The van der Waals surface area contributed by atoms with E-state index in [1.807, 2.05) is 6.26 Å². The number of hydrogen-bond acceptors (Lipinski definition) is 4. The summed E-state index contributed by atoms with van der Waals surface area (Å²) in [6.07, 6.45) is 6.66. The molecule has 0 heterocycles. The number of thioether (sulfide) groups is 1. The zero-order valence-electron chi connectivity index (χ0n) is 14.1. The van der Waals surface area contributed by atoms with E-state index in [-0.39, 0.29) is 23.4 Å². The molecular weight excluding hydrogens is 344 g/mol. The van der Waals surface area contributed by atoms with E-state index in [1.165, 1.54) is 26.3 Å². The van der Waals surface area contributed by atoms with E-state index in [1.54, 1.807) is 36.0 Å². The summed E-state index contributed by atoms with van der Waals surface area (Å²) in [5.41, 5.74) is 0. The van der Waals surface area contributed by atoms with Crippen LogP contribution < -0.4 is 5.32 Å². The molecule has 7 heteroatoms. The summed E-state index contributed by atoms with van der Waals surface area (Å²) in [7, 11) is -2.18. The molecule has 2 bridgehead atoms. The predicted octanol–water partition coefficient (Wildman–Crippen LogP) is 2.33. The van der Waals surface area contributed by atoms with Gasteiger partial charge in [-0.25, -0.2) is 8.42 Å². The number of nitrogens with zero attached hydrogens (tertiary/aromatic N) is 1. The molecular formula is C17H24N2O3S2. The summed E-state index contributed by atoms with van der Waals surface area (Å²) >= 11 is 1.56. The van der Waals surface area contributed by atoms with Crippen LogP contribution in [-0.2, 0) is 14.8 Å². The number of amides is 1. The number of likely N-dealkylation sites (N-methyl/N-ethyl adjacent to an activating group) is 1. The van der Waals surface area contributed by atoms with Crippen LogP contribution in [0, 0.1) is 11.8 Å². The highest BCUT2D eigenvalue weighted by Gasteiger charge is 2.40. The van der Waals surface area contributed by atoms with Crippen molar-refractivity contribution in [2.45, 2.75) is 41.5 Å². The highest BCUT2D eigenvalue weighted by molar-refractivity contribution is 7.98. The van der Waals surface area contributed by atoms with Gasteiger partial charge < -0.3 is 5.32 Å². The van der Waals surface area contributed by atoms with E-state index < -0.39 is 10.0 Å². The Labute approximate surface area is 148 Å². The van der Waals surface area contributed by atoms with Gasteiger partial charge in [0.25, 0.3) is 0 Å². The summed E-state index contributed by atoms with van der Waals surface area (Å²) in [6.45, 7) is -0.138. The molecule has 0 radical (unpaired) electrons. The number of sulfonamides is 1. The van der Waals surface area contributed by atoms with Crippen molar-refractivity contribution in [2.24, 2.45) is 11.8 Å². The van der Waals surface area contributed by atoms with E-state index in [9.17, 15) is 13.2 Å². The fraction of sp³-hybridized carbons (Fsp3) is 0.588. The first-order valence-corrected chi connectivity index (χ1v) is 11.0. The molecule has 1 aromatic rings. The average molecular weight is 369 g/mol. The Morgan fingerprint density at radius 2 is 1.96 bits per heavy atom. The van der Waals surface area contributed by atoms with Crippen molar-refractivity contribution < 1.29 is 13.2 Å². The maximum Gasteiger partial charge on any atom is 0.243 e. The van der Waals surface area contributed by atoms with Crippen molar-refractivity contribution in [2.75, 3.05) is 19.8 Å². The van der Waals surface area contributed by atoms with Gasteiger partial charge in [0.1, 0.15) is 0 Å². The molecule has 1 aromatic carbocycles. The molecule has 1 amide bonds. The molecule has 2 fully saturated rings. The topological polar surface area (TPSA) is 66.5 Å². The van der Waals surface area contributed by atoms with Gasteiger partial charge in [-0.1, -0.05) is 6.42 Å². The number of nitrogens with one attached hydrogen (secondary N) is 1. The Balaban J connectivity index is 1.60. The first kappa shape index (κ1) is 17.8. The van der Waals surface area contributed by atoms with E-state index in [4.69, 9.17) is 0 Å². The van der Waals surface area contributed by atoms with Crippen molar-refractivity contribution >= 4 is 27.7 Å². The first-order chi connectivity index (χ1) is 11.4. The van der Waals surface area contributed by atoms with Gasteiger partial charge >= 0.3 is 0 Å². The van der Waals surface area contributed by atoms with Crippen molar-refractivity contribution in [3.05, 3.63) is 24.3 Å². The second-order valence-corrected chi connectivity index (χ2v) is 9.71. The van der Waals surface area contributed by atoms with Crippen LogP contribution in [0.5, 0.6) is 0 Å². The van der Waals surface area contributed by atoms with Gasteiger partial charge in [-0.2, -0.15) is 4.31 Å². The molecule has 1 N–H and O–H groups in total. The summed E-state index contributed by atoms with van der Waals surface area (Å²) in [5.74, 6) is 1.12. The van der Waals surface area contributed by atoms with Gasteiger partial charge in [-0.05, 0) is 61.6 Å². The molecule has 0 spiro atoms. The minimum atomic E-state index is -3.64. The largest absolute Gasteiger partial charge is 0.352 e. The minimum absolute atomic E-state index is 0.138. The normalized spacial score (nSPS) is 26.0. The third kappa shape index (κ3) is 3.63. The molecule has 0 saturated heterocycles. The smallest absolute Gasteiger partial charge is 0.243 e. The third-order valence-electron chi connectivity index (χ3n) is 5.22. The minimum Gasteiger partial charge on any atom is -0.352 e. The SMILES string of the molecule is CSc1ccc(S(=O)(=O)N(C)CC(=O)N[C@@H]2C[C@@H]3CC[C@@H]2C3)cc1. The van der Waals surface area contributed by atoms with Gasteiger partial charge in [-0.15, -0.1) is 11.8 Å². The maximum absolute atomic E-state index is 12.6. The van der Waals surface area contributed by atoms with Crippen molar-refractivity contribution in [3.8, 4) is 0 Å². The number of fused-ring (bicyclic) bond motifs is 2. The second kappa shape index (κ2) is 7.06. The number of benzene rings is 1. The lowest BCUT2D eigenvalue weighted by molar-refractivity contribution is -0.122. The predicted molar refractivity (Wildman–Crippen MR) is 95.4 cm³/mol. The molecule has 0 unspecified atom stereocenters. The highest BCUT2D eigenvalue weighted by atomic mass is 32.2. The molecule has 0 aliphatic heterocycles. The Hall–Kier alpha value is -1.05. The molecule has 132 valence electrons. The van der Waals surface area contributed by atoms with Gasteiger partial charge in [0.05, 0.1) is 11.4 Å². The summed E-state index contributed by atoms with van der Waals surface area (Å²) in [6, 6.07) is 6.96. The summed E-state index contributed by atoms with van der Waals surface area (Å²) in [4.78, 5) is 13.5. The molecule has 3 rings (SSSR count).